The van der Waals surface area contributed by atoms with Crippen molar-refractivity contribution in [2.24, 2.45) is 5.73 Å². The molecule has 10 heavy (non-hydrogen) atoms. The third-order valence-corrected chi connectivity index (χ3v) is 2.00. The molecule has 1 rings (SSSR count). The molecule has 4 nitrogen and oxygen atoms in total. The molecule has 3 N–H and O–H groups in total. The Morgan fingerprint density at radius 3 is 2.50 bits per heavy atom. The van der Waals surface area contributed by atoms with E-state index in [2.05, 4.69) is 0 Å². The molecule has 58 valence electrons. The lowest BCUT2D eigenvalue weighted by Gasteiger charge is -2.37. The Kier molecular flexibility index (Phi) is 1.80. The number of carbonyl (C=O) groups is 1. The zero-order chi connectivity index (χ0) is 7.72. The van der Waals surface area contributed by atoms with Crippen molar-refractivity contribution in [3.05, 3.63) is 0 Å². The number of hydrogen-bond acceptors (Lipinski definition) is 2. The minimum atomic E-state index is -0.864. The first-order chi connectivity index (χ1) is 4.61. The third kappa shape index (κ3) is 1.21. The molecule has 1 aliphatic rings. The Balaban J connectivity index is 2.31. The van der Waals surface area contributed by atoms with Gasteiger partial charge in [-0.3, -0.25) is 0 Å². The topological polar surface area (TPSA) is 66.6 Å². The average molecular weight is 144 g/mol. The molecule has 0 aromatic heterocycles. The van der Waals surface area contributed by atoms with Crippen LogP contribution < -0.4 is 5.73 Å². The Morgan fingerprint density at radius 2 is 2.20 bits per heavy atom. The van der Waals surface area contributed by atoms with E-state index in [4.69, 9.17) is 10.8 Å². The first-order valence-corrected chi connectivity index (χ1v) is 3.32. The average Bonchev–Trinajstić information content (AvgIpc) is 1.79. The summed E-state index contributed by atoms with van der Waals surface area (Å²) in [4.78, 5) is 11.6. The van der Waals surface area contributed by atoms with Crippen LogP contribution in [0, 0.1) is 0 Å². The van der Waals surface area contributed by atoms with Crippen molar-refractivity contribution >= 4 is 6.09 Å². The number of hydrogen-bond donors (Lipinski definition) is 2. The Morgan fingerprint density at radius 1 is 1.70 bits per heavy atom. The van der Waals surface area contributed by atoms with Crippen LogP contribution in [-0.2, 0) is 0 Å². The van der Waals surface area contributed by atoms with Gasteiger partial charge in [0.25, 0.3) is 0 Å². The van der Waals surface area contributed by atoms with Crippen LogP contribution in [0.4, 0.5) is 4.79 Å². The second-order valence-corrected chi connectivity index (χ2v) is 2.78. The summed E-state index contributed by atoms with van der Waals surface area (Å²) in [7, 11) is 1.58. The van der Waals surface area contributed by atoms with E-state index in [0.717, 1.165) is 12.8 Å². The van der Waals surface area contributed by atoms with Gasteiger partial charge in [-0.25, -0.2) is 4.79 Å². The first kappa shape index (κ1) is 7.34. The van der Waals surface area contributed by atoms with Gasteiger partial charge in [0.15, 0.2) is 0 Å². The molecule has 0 radical (unpaired) electrons. The highest BCUT2D eigenvalue weighted by Gasteiger charge is 2.31. The van der Waals surface area contributed by atoms with Crippen molar-refractivity contribution in [3.63, 3.8) is 0 Å². The highest BCUT2D eigenvalue weighted by Crippen LogP contribution is 2.22. The maximum absolute atomic E-state index is 10.3. The van der Waals surface area contributed by atoms with Crippen molar-refractivity contribution in [2.75, 3.05) is 7.05 Å². The molecule has 0 saturated heterocycles. The van der Waals surface area contributed by atoms with Crippen LogP contribution >= 0.6 is 0 Å². The molecule has 1 fully saturated rings. The number of nitrogens with two attached hydrogens (primary N) is 1. The standard InChI is InChI=1S/C6H12N2O2/c1-8(6(9)10)5-2-4(7)3-5/h4-5H,2-3,7H2,1H3,(H,9,10)/t4-,5-. The molecule has 1 aliphatic carbocycles. The van der Waals surface area contributed by atoms with E-state index in [0.29, 0.717) is 0 Å². The number of carboxylic acid groups (broad SMARTS) is 1. The van der Waals surface area contributed by atoms with Crippen LogP contribution in [0.3, 0.4) is 0 Å². The molecule has 0 heterocycles. The summed E-state index contributed by atoms with van der Waals surface area (Å²) in [5.41, 5.74) is 5.49. The van der Waals surface area contributed by atoms with Gasteiger partial charge in [-0.05, 0) is 12.8 Å². The van der Waals surface area contributed by atoms with Crippen molar-refractivity contribution in [3.8, 4) is 0 Å². The van der Waals surface area contributed by atoms with Gasteiger partial charge in [0.05, 0.1) is 0 Å². The predicted octanol–water partition coefficient (Wildman–Crippen LogP) is 0.0859. The van der Waals surface area contributed by atoms with Crippen LogP contribution in [0.25, 0.3) is 0 Å². The molecule has 0 unspecified atom stereocenters. The van der Waals surface area contributed by atoms with E-state index in [1.807, 2.05) is 0 Å². The minimum Gasteiger partial charge on any atom is -0.465 e. The van der Waals surface area contributed by atoms with Crippen molar-refractivity contribution in [1.29, 1.82) is 0 Å². The van der Waals surface area contributed by atoms with Gasteiger partial charge in [0.1, 0.15) is 0 Å². The molecule has 1 amide bonds. The lowest BCUT2D eigenvalue weighted by atomic mass is 9.87. The maximum atomic E-state index is 10.3. The van der Waals surface area contributed by atoms with Gasteiger partial charge in [0.2, 0.25) is 0 Å². The molecule has 1 saturated carbocycles. The van der Waals surface area contributed by atoms with E-state index in [-0.39, 0.29) is 12.1 Å². The largest absolute Gasteiger partial charge is 0.465 e. The lowest BCUT2D eigenvalue weighted by Crippen LogP contribution is -2.50. The van der Waals surface area contributed by atoms with Gasteiger partial charge in [-0.1, -0.05) is 0 Å². The summed E-state index contributed by atoms with van der Waals surface area (Å²) in [6.45, 7) is 0. The molecule has 0 aromatic rings. The van der Waals surface area contributed by atoms with Crippen LogP contribution in [0.2, 0.25) is 0 Å². The molecule has 0 spiro atoms. The second kappa shape index (κ2) is 2.46. The summed E-state index contributed by atoms with van der Waals surface area (Å²) in [5, 5.41) is 8.49. The highest BCUT2D eigenvalue weighted by atomic mass is 16.4. The number of nitrogens with zero attached hydrogens (tertiary/aromatic N) is 1. The van der Waals surface area contributed by atoms with Crippen LogP contribution in [-0.4, -0.2) is 35.2 Å². The molecular weight excluding hydrogens is 132 g/mol. The SMILES string of the molecule is CN(C(=O)O)[C@H]1C[C@H](N)C1. The summed E-state index contributed by atoms with van der Waals surface area (Å²) in [6, 6.07) is 0.374. The fourth-order valence-corrected chi connectivity index (χ4v) is 1.10. The number of rotatable bonds is 1. The van der Waals surface area contributed by atoms with E-state index in [1.165, 1.54) is 4.90 Å². The molecule has 0 aliphatic heterocycles. The Bertz CT molecular complexity index is 143. The van der Waals surface area contributed by atoms with Gasteiger partial charge < -0.3 is 15.7 Å². The van der Waals surface area contributed by atoms with Gasteiger partial charge in [-0.15, -0.1) is 0 Å². The van der Waals surface area contributed by atoms with E-state index >= 15 is 0 Å². The van der Waals surface area contributed by atoms with Crippen molar-refractivity contribution < 1.29 is 9.90 Å². The monoisotopic (exact) mass is 144 g/mol. The summed E-state index contributed by atoms with van der Waals surface area (Å²) < 4.78 is 0. The lowest BCUT2D eigenvalue weighted by molar-refractivity contribution is 0.106. The fraction of sp³-hybridized carbons (Fsp3) is 0.833. The summed E-state index contributed by atoms with van der Waals surface area (Å²) in [5.74, 6) is 0. The van der Waals surface area contributed by atoms with Crippen LogP contribution in [0.15, 0.2) is 0 Å². The molecule has 0 bridgehead atoms. The highest BCUT2D eigenvalue weighted by molar-refractivity contribution is 5.65. The number of amides is 1. The van der Waals surface area contributed by atoms with E-state index < -0.39 is 6.09 Å². The second-order valence-electron chi connectivity index (χ2n) is 2.78. The fourth-order valence-electron chi connectivity index (χ4n) is 1.10. The normalized spacial score (nSPS) is 31.0. The smallest absolute Gasteiger partial charge is 0.407 e. The van der Waals surface area contributed by atoms with Crippen LogP contribution in [0.5, 0.6) is 0 Å². The summed E-state index contributed by atoms with van der Waals surface area (Å²) >= 11 is 0. The predicted molar refractivity (Wildman–Crippen MR) is 36.8 cm³/mol. The van der Waals surface area contributed by atoms with E-state index in [9.17, 15) is 4.79 Å². The molecule has 0 atom stereocenters. The van der Waals surface area contributed by atoms with Crippen LogP contribution in [0.1, 0.15) is 12.8 Å². The Hall–Kier alpha value is -0.770. The zero-order valence-corrected chi connectivity index (χ0v) is 5.95. The van der Waals surface area contributed by atoms with Crippen molar-refractivity contribution in [1.82, 2.24) is 4.90 Å². The summed E-state index contributed by atoms with van der Waals surface area (Å²) in [6.07, 6.45) is 0.753. The maximum Gasteiger partial charge on any atom is 0.407 e. The van der Waals surface area contributed by atoms with Crippen molar-refractivity contribution in [2.45, 2.75) is 24.9 Å². The first-order valence-electron chi connectivity index (χ1n) is 3.32. The molecule has 0 aromatic carbocycles. The van der Waals surface area contributed by atoms with Gasteiger partial charge >= 0.3 is 6.09 Å². The molecule has 4 heteroatoms. The van der Waals surface area contributed by atoms with Gasteiger partial charge in [-0.2, -0.15) is 0 Å². The third-order valence-electron chi connectivity index (χ3n) is 2.00. The Labute approximate surface area is 59.6 Å². The zero-order valence-electron chi connectivity index (χ0n) is 5.95. The molecular formula is C6H12N2O2. The van der Waals surface area contributed by atoms with Gasteiger partial charge in [0, 0.05) is 19.1 Å². The minimum absolute atomic E-state index is 0.160. The quantitative estimate of drug-likeness (QED) is 0.548. The van der Waals surface area contributed by atoms with E-state index in [1.54, 1.807) is 7.05 Å².